The molecule has 0 radical (unpaired) electrons. The number of benzene rings is 1. The van der Waals surface area contributed by atoms with E-state index in [9.17, 15) is 13.2 Å². The quantitative estimate of drug-likeness (QED) is 0.731. The predicted molar refractivity (Wildman–Crippen MR) is 78.3 cm³/mol. The van der Waals surface area contributed by atoms with Crippen LogP contribution in [0.1, 0.15) is 11.4 Å². The molecule has 0 aliphatic rings. The van der Waals surface area contributed by atoms with Crippen LogP contribution in [-0.2, 0) is 12.7 Å². The number of aromatic amines is 1. The first-order valence-corrected chi connectivity index (χ1v) is 7.03. The van der Waals surface area contributed by atoms with Gasteiger partial charge in [-0.1, -0.05) is 29.3 Å². The van der Waals surface area contributed by atoms with Gasteiger partial charge in [0.15, 0.2) is 11.1 Å². The Labute approximate surface area is 137 Å². The number of alkyl halides is 3. The van der Waals surface area contributed by atoms with Gasteiger partial charge in [-0.2, -0.15) is 13.2 Å². The summed E-state index contributed by atoms with van der Waals surface area (Å²) in [6.45, 7) is 0.0738. The Morgan fingerprint density at radius 1 is 1.22 bits per heavy atom. The molecule has 2 aromatic heterocycles. The Morgan fingerprint density at radius 2 is 1.87 bits per heavy atom. The number of halogens is 5. The van der Waals surface area contributed by atoms with Crippen LogP contribution in [-0.4, -0.2) is 19.5 Å². The lowest BCUT2D eigenvalue weighted by Gasteiger charge is -2.10. The van der Waals surface area contributed by atoms with Crippen LogP contribution < -0.4 is 5.49 Å². The SMILES string of the molecule is N=c1ncn(Cc2c(Cl)cccc2Cl)c2nc(C(F)(F)F)[nH]c12. The van der Waals surface area contributed by atoms with E-state index in [0.717, 1.165) is 0 Å². The minimum absolute atomic E-state index is 0.0479. The first-order chi connectivity index (χ1) is 10.8. The van der Waals surface area contributed by atoms with Gasteiger partial charge in [-0.25, -0.2) is 9.97 Å². The van der Waals surface area contributed by atoms with Crippen LogP contribution in [0, 0.1) is 5.41 Å². The third-order valence-electron chi connectivity index (χ3n) is 3.18. The number of H-pyrrole nitrogens is 1. The maximum absolute atomic E-state index is 12.8. The number of nitrogens with one attached hydrogen (secondary N) is 2. The number of fused-ring (bicyclic) bond motifs is 1. The van der Waals surface area contributed by atoms with Crippen molar-refractivity contribution in [2.45, 2.75) is 12.7 Å². The molecule has 0 unspecified atom stereocenters. The van der Waals surface area contributed by atoms with Crippen molar-refractivity contribution in [2.24, 2.45) is 0 Å². The number of rotatable bonds is 2. The predicted octanol–water partition coefficient (Wildman–Crippen LogP) is 3.61. The van der Waals surface area contributed by atoms with Crippen molar-refractivity contribution in [1.29, 1.82) is 5.41 Å². The molecule has 0 atom stereocenters. The molecule has 0 saturated carbocycles. The topological polar surface area (TPSA) is 70.3 Å². The van der Waals surface area contributed by atoms with Crippen molar-refractivity contribution in [1.82, 2.24) is 19.5 Å². The Bertz CT molecular complexity index is 925. The maximum Gasteiger partial charge on any atom is 0.449 e. The molecule has 23 heavy (non-hydrogen) atoms. The highest BCUT2D eigenvalue weighted by molar-refractivity contribution is 6.35. The molecule has 1 aromatic carbocycles. The third kappa shape index (κ3) is 2.91. The lowest BCUT2D eigenvalue weighted by molar-refractivity contribution is -0.144. The van der Waals surface area contributed by atoms with Crippen molar-refractivity contribution < 1.29 is 13.2 Å². The van der Waals surface area contributed by atoms with Gasteiger partial charge in [0, 0.05) is 15.6 Å². The van der Waals surface area contributed by atoms with E-state index in [2.05, 4.69) is 15.0 Å². The van der Waals surface area contributed by atoms with Crippen LogP contribution in [0.5, 0.6) is 0 Å². The van der Waals surface area contributed by atoms with Crippen molar-refractivity contribution in [2.75, 3.05) is 0 Å². The van der Waals surface area contributed by atoms with Gasteiger partial charge in [0.2, 0.25) is 5.82 Å². The molecule has 0 aliphatic heterocycles. The Hall–Kier alpha value is -2.06. The van der Waals surface area contributed by atoms with E-state index < -0.39 is 12.0 Å². The summed E-state index contributed by atoms with van der Waals surface area (Å²) in [5, 5.41) is 8.38. The summed E-state index contributed by atoms with van der Waals surface area (Å²) in [6, 6.07) is 4.91. The van der Waals surface area contributed by atoms with E-state index in [1.807, 2.05) is 0 Å². The minimum Gasteiger partial charge on any atom is -0.330 e. The second-order valence-electron chi connectivity index (χ2n) is 4.70. The molecule has 0 fully saturated rings. The molecule has 10 heteroatoms. The van der Waals surface area contributed by atoms with Crippen molar-refractivity contribution >= 4 is 34.4 Å². The Balaban J connectivity index is 2.17. The van der Waals surface area contributed by atoms with Gasteiger partial charge in [0.25, 0.3) is 0 Å². The van der Waals surface area contributed by atoms with Crippen LogP contribution >= 0.6 is 23.2 Å². The molecule has 0 amide bonds. The van der Waals surface area contributed by atoms with Gasteiger partial charge in [-0.15, -0.1) is 0 Å². The molecule has 2 heterocycles. The first-order valence-electron chi connectivity index (χ1n) is 6.27. The lowest BCUT2D eigenvalue weighted by atomic mass is 10.2. The second-order valence-corrected chi connectivity index (χ2v) is 5.52. The molecule has 0 saturated heterocycles. The monoisotopic (exact) mass is 361 g/mol. The van der Waals surface area contributed by atoms with Gasteiger partial charge in [0.05, 0.1) is 12.9 Å². The molecular formula is C13H8Cl2F3N5. The smallest absolute Gasteiger partial charge is 0.330 e. The average Bonchev–Trinajstić information content (AvgIpc) is 2.91. The average molecular weight is 362 g/mol. The second kappa shape index (κ2) is 5.54. The summed E-state index contributed by atoms with van der Waals surface area (Å²) in [5.74, 6) is -1.19. The number of aromatic nitrogens is 4. The van der Waals surface area contributed by atoms with Crippen LogP contribution in [0.2, 0.25) is 10.0 Å². The summed E-state index contributed by atoms with van der Waals surface area (Å²) in [6.07, 6.45) is -3.42. The molecule has 5 nitrogen and oxygen atoms in total. The Morgan fingerprint density at radius 3 is 2.48 bits per heavy atom. The molecule has 0 spiro atoms. The highest BCUT2D eigenvalue weighted by Gasteiger charge is 2.35. The van der Waals surface area contributed by atoms with Crippen molar-refractivity contribution in [3.63, 3.8) is 0 Å². The lowest BCUT2D eigenvalue weighted by Crippen LogP contribution is -2.13. The summed E-state index contributed by atoms with van der Waals surface area (Å²) < 4.78 is 39.8. The number of hydrogen-bond acceptors (Lipinski definition) is 3. The molecule has 0 aliphatic carbocycles. The first kappa shape index (κ1) is 15.8. The zero-order valence-corrected chi connectivity index (χ0v) is 12.8. The van der Waals surface area contributed by atoms with E-state index in [0.29, 0.717) is 15.6 Å². The normalized spacial score (nSPS) is 12.0. The fraction of sp³-hybridized carbons (Fsp3) is 0.154. The Kier molecular flexibility index (Phi) is 3.81. The number of hydrogen-bond donors (Lipinski definition) is 2. The fourth-order valence-electron chi connectivity index (χ4n) is 2.09. The summed E-state index contributed by atoms with van der Waals surface area (Å²) in [4.78, 5) is 9.39. The van der Waals surface area contributed by atoms with E-state index in [4.69, 9.17) is 28.6 Å². The van der Waals surface area contributed by atoms with E-state index in [-0.39, 0.29) is 23.2 Å². The summed E-state index contributed by atoms with van der Waals surface area (Å²) in [7, 11) is 0. The van der Waals surface area contributed by atoms with E-state index in [1.165, 1.54) is 10.9 Å². The highest BCUT2D eigenvalue weighted by atomic mass is 35.5. The van der Waals surface area contributed by atoms with Gasteiger partial charge < -0.3 is 9.55 Å². The van der Waals surface area contributed by atoms with Crippen molar-refractivity contribution in [3.05, 3.63) is 51.4 Å². The van der Waals surface area contributed by atoms with Crippen LogP contribution in [0.4, 0.5) is 13.2 Å². The molecule has 3 aromatic rings. The molecule has 2 N–H and O–H groups in total. The third-order valence-corrected chi connectivity index (χ3v) is 3.89. The zero-order chi connectivity index (χ0) is 16.8. The standard InChI is InChI=1S/C13H8Cl2F3N5/c14-7-2-1-3-8(15)6(7)4-23-5-20-10(19)9-11(23)22-12(21-9)13(16,17)18/h1-3,5,19H,4H2,(H,21,22). The van der Waals surface area contributed by atoms with Crippen LogP contribution in [0.25, 0.3) is 11.2 Å². The van der Waals surface area contributed by atoms with Crippen molar-refractivity contribution in [3.8, 4) is 0 Å². The van der Waals surface area contributed by atoms with Gasteiger partial charge in [-0.05, 0) is 12.1 Å². The largest absolute Gasteiger partial charge is 0.449 e. The van der Waals surface area contributed by atoms with E-state index in [1.54, 1.807) is 18.2 Å². The van der Waals surface area contributed by atoms with E-state index >= 15 is 0 Å². The van der Waals surface area contributed by atoms with Crippen LogP contribution in [0.15, 0.2) is 24.5 Å². The van der Waals surface area contributed by atoms with Gasteiger partial charge >= 0.3 is 6.18 Å². The number of nitrogens with zero attached hydrogens (tertiary/aromatic N) is 3. The summed E-state index contributed by atoms with van der Waals surface area (Å²) in [5.41, 5.74) is 0.0408. The van der Waals surface area contributed by atoms with Crippen LogP contribution in [0.3, 0.4) is 0 Å². The minimum atomic E-state index is -4.65. The van der Waals surface area contributed by atoms with Gasteiger partial charge in [0.1, 0.15) is 5.52 Å². The molecular weight excluding hydrogens is 354 g/mol. The molecule has 3 rings (SSSR count). The fourth-order valence-corrected chi connectivity index (χ4v) is 2.60. The van der Waals surface area contributed by atoms with Gasteiger partial charge in [-0.3, -0.25) is 5.41 Å². The molecule has 0 bridgehead atoms. The number of imidazole rings is 1. The molecule has 120 valence electrons. The zero-order valence-electron chi connectivity index (χ0n) is 11.2. The maximum atomic E-state index is 12.8. The highest BCUT2D eigenvalue weighted by Crippen LogP contribution is 2.29. The summed E-state index contributed by atoms with van der Waals surface area (Å²) >= 11 is 12.2.